The van der Waals surface area contributed by atoms with Crippen LogP contribution in [0.25, 0.3) is 0 Å². The van der Waals surface area contributed by atoms with E-state index in [1.165, 1.54) is 64.2 Å². The first-order chi connectivity index (χ1) is 6.00. The van der Waals surface area contributed by atoms with Crippen LogP contribution in [-0.4, -0.2) is 0 Å². The molecule has 0 heteroatoms. The molecular weight excluding hydrogens is 168 g/mol. The average molecular weight is 198 g/mol. The van der Waals surface area contributed by atoms with Crippen LogP contribution >= 0.6 is 0 Å². The zero-order valence-electron chi connectivity index (χ0n) is 8.23. The van der Waals surface area contributed by atoms with Crippen molar-refractivity contribution in [2.75, 3.05) is 0 Å². The summed E-state index contributed by atoms with van der Waals surface area (Å²) >= 11 is 0. The molecule has 14 heavy (non-hydrogen) atoms. The maximum absolute atomic E-state index is 2.27. The van der Waals surface area contributed by atoms with Crippen molar-refractivity contribution in [2.45, 2.75) is 79.1 Å². The molecule has 0 atom stereocenters. The van der Waals surface area contributed by atoms with Crippen LogP contribution in [0.3, 0.4) is 0 Å². The Hall–Kier alpha value is -0.260. The van der Waals surface area contributed by atoms with Crippen LogP contribution in [0.1, 0.15) is 79.1 Å². The number of rotatable bonds is 0. The van der Waals surface area contributed by atoms with Crippen LogP contribution in [0.2, 0.25) is 0 Å². The summed E-state index contributed by atoms with van der Waals surface area (Å²) in [6.45, 7) is 0. The lowest BCUT2D eigenvalue weighted by Crippen LogP contribution is -1.85. The van der Waals surface area contributed by atoms with Gasteiger partial charge < -0.3 is 0 Å². The van der Waals surface area contributed by atoms with Crippen LogP contribution < -0.4 is 0 Å². The SMILES string of the molecule is C.C.C1=CCCCC1.C1CCCCC1. The van der Waals surface area contributed by atoms with Gasteiger partial charge in [0.25, 0.3) is 0 Å². The molecule has 0 amide bonds. The summed E-state index contributed by atoms with van der Waals surface area (Å²) in [7, 11) is 0. The zero-order valence-corrected chi connectivity index (χ0v) is 8.23. The molecule has 2 aliphatic rings. The van der Waals surface area contributed by atoms with E-state index in [0.29, 0.717) is 0 Å². The molecule has 0 N–H and O–H groups in total. The fourth-order valence-electron chi connectivity index (χ4n) is 1.82. The van der Waals surface area contributed by atoms with Gasteiger partial charge in [0, 0.05) is 0 Å². The molecule has 0 radical (unpaired) electrons. The number of hydrogen-bond donors (Lipinski definition) is 0. The lowest BCUT2D eigenvalue weighted by Gasteiger charge is -2.05. The summed E-state index contributed by atoms with van der Waals surface area (Å²) in [5, 5.41) is 0. The van der Waals surface area contributed by atoms with Gasteiger partial charge in [0.15, 0.2) is 0 Å². The molecule has 0 nitrogen and oxygen atoms in total. The molecule has 0 spiro atoms. The fraction of sp³-hybridized carbons (Fsp3) is 0.857. The largest absolute Gasteiger partial charge is 0.0885 e. The van der Waals surface area contributed by atoms with E-state index in [4.69, 9.17) is 0 Å². The van der Waals surface area contributed by atoms with E-state index in [0.717, 1.165) is 0 Å². The topological polar surface area (TPSA) is 0 Å². The second-order valence-corrected chi connectivity index (χ2v) is 3.88. The van der Waals surface area contributed by atoms with E-state index in [1.54, 1.807) is 0 Å². The summed E-state index contributed by atoms with van der Waals surface area (Å²) in [5.41, 5.74) is 0. The van der Waals surface area contributed by atoms with E-state index >= 15 is 0 Å². The molecule has 1 saturated carbocycles. The molecule has 0 aromatic rings. The van der Waals surface area contributed by atoms with Crippen LogP contribution in [-0.2, 0) is 0 Å². The van der Waals surface area contributed by atoms with Gasteiger partial charge in [0.2, 0.25) is 0 Å². The van der Waals surface area contributed by atoms with E-state index in [1.807, 2.05) is 0 Å². The summed E-state index contributed by atoms with van der Waals surface area (Å²) in [6.07, 6.45) is 19.0. The van der Waals surface area contributed by atoms with Crippen molar-refractivity contribution in [2.24, 2.45) is 0 Å². The highest BCUT2D eigenvalue weighted by atomic mass is 14.0. The summed E-state index contributed by atoms with van der Waals surface area (Å²) in [5.74, 6) is 0. The second kappa shape index (κ2) is 12.7. The molecule has 86 valence electrons. The molecule has 0 heterocycles. The average Bonchev–Trinajstić information content (AvgIpc) is 2.24. The van der Waals surface area contributed by atoms with Gasteiger partial charge in [-0.05, 0) is 25.7 Å². The van der Waals surface area contributed by atoms with Crippen molar-refractivity contribution in [3.63, 3.8) is 0 Å². The predicted molar refractivity (Wildman–Crippen MR) is 68.8 cm³/mol. The van der Waals surface area contributed by atoms with Gasteiger partial charge in [-0.3, -0.25) is 0 Å². The normalized spacial score (nSPS) is 19.4. The van der Waals surface area contributed by atoms with Gasteiger partial charge in [0.05, 0.1) is 0 Å². The van der Waals surface area contributed by atoms with Crippen LogP contribution in [0.15, 0.2) is 12.2 Å². The standard InChI is InChI=1S/C6H12.C6H10.2CH4/c2*1-2-4-6-5-3-1;;/h1-6H2;1-2H,3-6H2;2*1H4. The predicted octanol–water partition coefficient (Wildman–Crippen LogP) is 5.73. The van der Waals surface area contributed by atoms with Crippen molar-refractivity contribution in [3.8, 4) is 0 Å². The highest BCUT2D eigenvalue weighted by Gasteiger charge is 1.95. The Morgan fingerprint density at radius 1 is 0.429 bits per heavy atom. The van der Waals surface area contributed by atoms with Crippen molar-refractivity contribution >= 4 is 0 Å². The Morgan fingerprint density at radius 3 is 0.857 bits per heavy atom. The Kier molecular flexibility index (Phi) is 14.7. The second-order valence-electron chi connectivity index (χ2n) is 3.88. The van der Waals surface area contributed by atoms with E-state index in [-0.39, 0.29) is 14.9 Å². The van der Waals surface area contributed by atoms with Crippen LogP contribution in [0, 0.1) is 0 Å². The number of hydrogen-bond acceptors (Lipinski definition) is 0. The quantitative estimate of drug-likeness (QED) is 0.436. The molecule has 2 aliphatic carbocycles. The lowest BCUT2D eigenvalue weighted by atomic mass is 10.0. The minimum absolute atomic E-state index is 0. The molecule has 0 unspecified atom stereocenters. The molecule has 0 aromatic heterocycles. The zero-order chi connectivity index (χ0) is 8.49. The van der Waals surface area contributed by atoms with E-state index in [9.17, 15) is 0 Å². The Bertz CT molecular complexity index is 89.7. The first kappa shape index (κ1) is 16.2. The molecule has 1 fully saturated rings. The fourth-order valence-corrected chi connectivity index (χ4v) is 1.82. The van der Waals surface area contributed by atoms with Gasteiger partial charge in [-0.2, -0.15) is 0 Å². The molecule has 2 rings (SSSR count). The first-order valence-corrected chi connectivity index (χ1v) is 5.65. The highest BCUT2D eigenvalue weighted by Crippen LogP contribution is 2.15. The third kappa shape index (κ3) is 9.83. The Labute approximate surface area is 91.8 Å². The first-order valence-electron chi connectivity index (χ1n) is 5.65. The molecule has 0 bridgehead atoms. The van der Waals surface area contributed by atoms with Gasteiger partial charge in [-0.15, -0.1) is 0 Å². The summed E-state index contributed by atoms with van der Waals surface area (Å²) in [6, 6.07) is 0. The minimum atomic E-state index is 0. The highest BCUT2D eigenvalue weighted by molar-refractivity contribution is 4.85. The van der Waals surface area contributed by atoms with Gasteiger partial charge >= 0.3 is 0 Å². The van der Waals surface area contributed by atoms with E-state index < -0.39 is 0 Å². The summed E-state index contributed by atoms with van der Waals surface area (Å²) in [4.78, 5) is 0. The third-order valence-corrected chi connectivity index (χ3v) is 2.66. The van der Waals surface area contributed by atoms with Crippen molar-refractivity contribution < 1.29 is 0 Å². The van der Waals surface area contributed by atoms with Crippen LogP contribution in [0.4, 0.5) is 0 Å². The van der Waals surface area contributed by atoms with Gasteiger partial charge in [-0.25, -0.2) is 0 Å². The van der Waals surface area contributed by atoms with Gasteiger partial charge in [-0.1, -0.05) is 65.5 Å². The van der Waals surface area contributed by atoms with Crippen LogP contribution in [0.5, 0.6) is 0 Å². The minimum Gasteiger partial charge on any atom is -0.0885 e. The van der Waals surface area contributed by atoms with Crippen molar-refractivity contribution in [1.29, 1.82) is 0 Å². The van der Waals surface area contributed by atoms with Gasteiger partial charge in [0.1, 0.15) is 0 Å². The number of allylic oxidation sites excluding steroid dienone is 2. The monoisotopic (exact) mass is 198 g/mol. The van der Waals surface area contributed by atoms with E-state index in [2.05, 4.69) is 12.2 Å². The maximum atomic E-state index is 2.27. The third-order valence-electron chi connectivity index (χ3n) is 2.66. The lowest BCUT2D eigenvalue weighted by molar-refractivity contribution is 0.504. The smallest absolute Gasteiger partial charge is 0.0351 e. The molecule has 0 saturated heterocycles. The van der Waals surface area contributed by atoms with Crippen molar-refractivity contribution in [1.82, 2.24) is 0 Å². The Morgan fingerprint density at radius 2 is 0.714 bits per heavy atom. The summed E-state index contributed by atoms with van der Waals surface area (Å²) < 4.78 is 0. The maximum Gasteiger partial charge on any atom is -0.0351 e. The van der Waals surface area contributed by atoms with Crippen molar-refractivity contribution in [3.05, 3.63) is 12.2 Å². The molecular formula is C14H30. The Balaban J connectivity index is 0. The molecule has 0 aromatic carbocycles. The molecule has 0 aliphatic heterocycles.